The van der Waals surface area contributed by atoms with Crippen LogP contribution in [-0.4, -0.2) is 47.7 Å². The number of nitrogens with zero attached hydrogens (tertiary/aromatic N) is 1. The smallest absolute Gasteiger partial charge is 0.317 e. The highest BCUT2D eigenvalue weighted by atomic mass is 16.3. The highest BCUT2D eigenvalue weighted by Gasteiger charge is 2.17. The minimum atomic E-state index is -1.31. The molecule has 16 heavy (non-hydrogen) atoms. The molecule has 6 nitrogen and oxygen atoms in total. The number of hydrogen-bond acceptors (Lipinski definition) is 3. The minimum Gasteiger partial charge on any atom is -0.381 e. The Morgan fingerprint density at radius 3 is 2.31 bits per heavy atom. The van der Waals surface area contributed by atoms with Crippen LogP contribution in [0.1, 0.15) is 25.7 Å². The van der Waals surface area contributed by atoms with Crippen molar-refractivity contribution in [3.63, 3.8) is 0 Å². The van der Waals surface area contributed by atoms with E-state index in [2.05, 4.69) is 5.32 Å². The van der Waals surface area contributed by atoms with Crippen molar-refractivity contribution in [1.29, 1.82) is 0 Å². The van der Waals surface area contributed by atoms with E-state index in [0.29, 0.717) is 0 Å². The van der Waals surface area contributed by atoms with Crippen molar-refractivity contribution in [1.82, 2.24) is 10.2 Å². The van der Waals surface area contributed by atoms with Gasteiger partial charge in [-0.1, -0.05) is 12.8 Å². The number of likely N-dealkylation sites (tertiary alicyclic amines) is 1. The second-order valence-corrected chi connectivity index (χ2v) is 4.01. The second-order valence-electron chi connectivity index (χ2n) is 4.01. The topological polar surface area (TPSA) is 95.7 Å². The molecule has 3 amide bonds. The van der Waals surface area contributed by atoms with Gasteiger partial charge in [-0.3, -0.25) is 4.79 Å². The van der Waals surface area contributed by atoms with Gasteiger partial charge in [0.25, 0.3) is 0 Å². The molecule has 1 fully saturated rings. The number of aliphatic hydroxyl groups excluding tert-OH is 1. The molecular weight excluding hydrogens is 210 g/mol. The predicted molar refractivity (Wildman–Crippen MR) is 58.6 cm³/mol. The van der Waals surface area contributed by atoms with Crippen molar-refractivity contribution in [2.24, 2.45) is 5.73 Å². The van der Waals surface area contributed by atoms with Gasteiger partial charge in [0.05, 0.1) is 6.54 Å². The van der Waals surface area contributed by atoms with Gasteiger partial charge in [-0.15, -0.1) is 0 Å². The maximum absolute atomic E-state index is 11.6. The van der Waals surface area contributed by atoms with E-state index in [1.807, 2.05) is 0 Å². The van der Waals surface area contributed by atoms with Crippen molar-refractivity contribution in [2.75, 3.05) is 19.6 Å². The van der Waals surface area contributed by atoms with Crippen LogP contribution in [-0.2, 0) is 4.79 Å². The molecule has 1 atom stereocenters. The quantitative estimate of drug-likeness (QED) is 0.604. The Balaban J connectivity index is 2.30. The molecule has 0 aromatic carbocycles. The fraction of sp³-hybridized carbons (Fsp3) is 0.800. The zero-order valence-electron chi connectivity index (χ0n) is 9.32. The van der Waals surface area contributed by atoms with Gasteiger partial charge in [0.2, 0.25) is 5.91 Å². The largest absolute Gasteiger partial charge is 0.381 e. The van der Waals surface area contributed by atoms with E-state index in [1.54, 1.807) is 4.90 Å². The fourth-order valence-corrected chi connectivity index (χ4v) is 1.67. The lowest BCUT2D eigenvalue weighted by atomic mass is 10.2. The number of rotatable bonds is 3. The SMILES string of the molecule is NC(=O)C(O)CNC(=O)N1CCCCCC1. The highest BCUT2D eigenvalue weighted by molar-refractivity contribution is 5.80. The van der Waals surface area contributed by atoms with E-state index in [-0.39, 0.29) is 12.6 Å². The van der Waals surface area contributed by atoms with Crippen LogP contribution in [0.25, 0.3) is 0 Å². The Bertz CT molecular complexity index is 250. The number of nitrogens with two attached hydrogens (primary N) is 1. The number of urea groups is 1. The molecule has 4 N–H and O–H groups in total. The zero-order chi connectivity index (χ0) is 12.0. The molecule has 92 valence electrons. The number of aliphatic hydroxyl groups is 1. The van der Waals surface area contributed by atoms with Crippen LogP contribution >= 0.6 is 0 Å². The molecule has 0 aromatic rings. The lowest BCUT2D eigenvalue weighted by Crippen LogP contribution is -2.46. The van der Waals surface area contributed by atoms with E-state index in [4.69, 9.17) is 10.8 Å². The maximum Gasteiger partial charge on any atom is 0.317 e. The number of nitrogens with one attached hydrogen (secondary N) is 1. The van der Waals surface area contributed by atoms with E-state index in [0.717, 1.165) is 38.8 Å². The number of carbonyl (C=O) groups excluding carboxylic acids is 2. The molecule has 1 aliphatic rings. The first kappa shape index (κ1) is 12.8. The summed E-state index contributed by atoms with van der Waals surface area (Å²) in [5.74, 6) is -0.823. The molecular formula is C10H19N3O3. The summed E-state index contributed by atoms with van der Waals surface area (Å²) in [7, 11) is 0. The van der Waals surface area contributed by atoms with Gasteiger partial charge < -0.3 is 21.1 Å². The molecule has 1 rings (SSSR count). The molecule has 1 unspecified atom stereocenters. The van der Waals surface area contributed by atoms with Crippen molar-refractivity contribution in [3.8, 4) is 0 Å². The first-order chi connectivity index (χ1) is 7.61. The normalized spacial score (nSPS) is 18.7. The van der Waals surface area contributed by atoms with Gasteiger partial charge in [-0.05, 0) is 12.8 Å². The first-order valence-electron chi connectivity index (χ1n) is 5.61. The summed E-state index contributed by atoms with van der Waals surface area (Å²) in [6.45, 7) is 1.35. The van der Waals surface area contributed by atoms with Crippen LogP contribution in [0.4, 0.5) is 4.79 Å². The first-order valence-corrected chi connectivity index (χ1v) is 5.61. The number of hydrogen-bond donors (Lipinski definition) is 3. The summed E-state index contributed by atoms with van der Waals surface area (Å²) in [5, 5.41) is 11.6. The van der Waals surface area contributed by atoms with Gasteiger partial charge in [0, 0.05) is 13.1 Å². The minimum absolute atomic E-state index is 0.120. The van der Waals surface area contributed by atoms with Gasteiger partial charge in [-0.2, -0.15) is 0 Å². The number of primary amides is 1. The average molecular weight is 229 g/mol. The Morgan fingerprint density at radius 2 is 1.81 bits per heavy atom. The fourth-order valence-electron chi connectivity index (χ4n) is 1.67. The Morgan fingerprint density at radius 1 is 1.25 bits per heavy atom. The third-order valence-corrected chi connectivity index (χ3v) is 2.67. The summed E-state index contributed by atoms with van der Waals surface area (Å²) < 4.78 is 0. The lowest BCUT2D eigenvalue weighted by molar-refractivity contribution is -0.125. The Hall–Kier alpha value is -1.30. The summed E-state index contributed by atoms with van der Waals surface area (Å²) in [4.78, 5) is 23.9. The van der Waals surface area contributed by atoms with Crippen molar-refractivity contribution >= 4 is 11.9 Å². The average Bonchev–Trinajstić information content (AvgIpc) is 2.53. The molecule has 6 heteroatoms. The molecule has 0 spiro atoms. The van der Waals surface area contributed by atoms with Crippen LogP contribution in [0.2, 0.25) is 0 Å². The summed E-state index contributed by atoms with van der Waals surface area (Å²) in [6, 6.07) is -0.234. The maximum atomic E-state index is 11.6. The number of amides is 3. The highest BCUT2D eigenvalue weighted by Crippen LogP contribution is 2.09. The third-order valence-electron chi connectivity index (χ3n) is 2.67. The van der Waals surface area contributed by atoms with E-state index < -0.39 is 12.0 Å². The monoisotopic (exact) mass is 229 g/mol. The predicted octanol–water partition coefficient (Wildman–Crippen LogP) is -0.582. The van der Waals surface area contributed by atoms with Crippen LogP contribution in [0.3, 0.4) is 0 Å². The van der Waals surface area contributed by atoms with Crippen LogP contribution in [0, 0.1) is 0 Å². The Kier molecular flexibility index (Phi) is 5.04. The van der Waals surface area contributed by atoms with Crippen LogP contribution in [0.5, 0.6) is 0 Å². The number of carbonyl (C=O) groups is 2. The third kappa shape index (κ3) is 4.06. The van der Waals surface area contributed by atoms with Crippen molar-refractivity contribution in [3.05, 3.63) is 0 Å². The lowest BCUT2D eigenvalue weighted by Gasteiger charge is -2.21. The molecule has 0 bridgehead atoms. The summed E-state index contributed by atoms with van der Waals surface area (Å²) in [5.41, 5.74) is 4.87. The van der Waals surface area contributed by atoms with E-state index >= 15 is 0 Å². The second kappa shape index (κ2) is 6.32. The van der Waals surface area contributed by atoms with Gasteiger partial charge in [0.1, 0.15) is 6.10 Å². The van der Waals surface area contributed by atoms with Gasteiger partial charge in [0.15, 0.2) is 0 Å². The molecule has 1 heterocycles. The summed E-state index contributed by atoms with van der Waals surface area (Å²) in [6.07, 6.45) is 3.00. The van der Waals surface area contributed by atoms with Crippen LogP contribution < -0.4 is 11.1 Å². The summed E-state index contributed by atoms with van der Waals surface area (Å²) >= 11 is 0. The molecule has 0 aliphatic carbocycles. The van der Waals surface area contributed by atoms with Gasteiger partial charge >= 0.3 is 6.03 Å². The van der Waals surface area contributed by atoms with Crippen LogP contribution in [0.15, 0.2) is 0 Å². The molecule has 0 saturated carbocycles. The van der Waals surface area contributed by atoms with Crippen molar-refractivity contribution < 1.29 is 14.7 Å². The van der Waals surface area contributed by atoms with E-state index in [1.165, 1.54) is 0 Å². The zero-order valence-corrected chi connectivity index (χ0v) is 9.32. The van der Waals surface area contributed by atoms with Crippen molar-refractivity contribution in [2.45, 2.75) is 31.8 Å². The molecule has 0 radical (unpaired) electrons. The standard InChI is InChI=1S/C10H19N3O3/c11-9(15)8(14)7-12-10(16)13-5-3-1-2-4-6-13/h8,14H,1-7H2,(H2,11,15)(H,12,16). The van der Waals surface area contributed by atoms with E-state index in [9.17, 15) is 9.59 Å². The molecule has 1 aliphatic heterocycles. The molecule has 1 saturated heterocycles. The Labute approximate surface area is 94.8 Å². The van der Waals surface area contributed by atoms with Gasteiger partial charge in [-0.25, -0.2) is 4.79 Å². The molecule has 0 aromatic heterocycles.